The number of ether oxygens (including phenoxy) is 1. The van der Waals surface area contributed by atoms with Crippen molar-refractivity contribution in [2.45, 2.75) is 0 Å². The SMILES string of the molecule is COc1ccccc1/C=C\C=Nn1c(-c2ccccc2)n[nH]c1=S. The molecule has 0 fully saturated rings. The number of allylic oxidation sites excluding steroid dienone is 1. The van der Waals surface area contributed by atoms with E-state index in [1.165, 1.54) is 0 Å². The summed E-state index contributed by atoms with van der Waals surface area (Å²) >= 11 is 5.24. The van der Waals surface area contributed by atoms with Crippen LogP contribution in [0.1, 0.15) is 5.56 Å². The second-order valence-electron chi connectivity index (χ2n) is 4.90. The van der Waals surface area contributed by atoms with Crippen LogP contribution in [0.4, 0.5) is 0 Å². The minimum atomic E-state index is 0.441. The molecule has 0 amide bonds. The van der Waals surface area contributed by atoms with E-state index in [0.717, 1.165) is 16.9 Å². The van der Waals surface area contributed by atoms with Gasteiger partial charge in [0, 0.05) is 17.3 Å². The second-order valence-corrected chi connectivity index (χ2v) is 5.28. The Morgan fingerprint density at radius 1 is 1.12 bits per heavy atom. The Kier molecular flexibility index (Phi) is 4.98. The van der Waals surface area contributed by atoms with E-state index in [2.05, 4.69) is 15.3 Å². The van der Waals surface area contributed by atoms with Crippen LogP contribution in [-0.4, -0.2) is 28.2 Å². The molecule has 0 saturated heterocycles. The molecular formula is C18H16N4OS. The van der Waals surface area contributed by atoms with E-state index in [0.29, 0.717) is 10.6 Å². The van der Waals surface area contributed by atoms with E-state index in [-0.39, 0.29) is 0 Å². The van der Waals surface area contributed by atoms with Crippen LogP contribution >= 0.6 is 12.2 Å². The zero-order chi connectivity index (χ0) is 16.8. The fourth-order valence-electron chi connectivity index (χ4n) is 2.23. The second kappa shape index (κ2) is 7.52. The van der Waals surface area contributed by atoms with Crippen LogP contribution < -0.4 is 4.74 Å². The van der Waals surface area contributed by atoms with E-state index < -0.39 is 0 Å². The molecule has 2 aromatic carbocycles. The first-order valence-corrected chi connectivity index (χ1v) is 7.77. The van der Waals surface area contributed by atoms with Gasteiger partial charge in [0.05, 0.1) is 7.11 Å². The first kappa shape index (κ1) is 15.9. The largest absolute Gasteiger partial charge is 0.496 e. The van der Waals surface area contributed by atoms with E-state index in [1.54, 1.807) is 18.0 Å². The van der Waals surface area contributed by atoms with Gasteiger partial charge in [0.15, 0.2) is 5.82 Å². The van der Waals surface area contributed by atoms with Gasteiger partial charge in [-0.15, -0.1) is 0 Å². The summed E-state index contributed by atoms with van der Waals surface area (Å²) in [5, 5.41) is 11.4. The van der Waals surface area contributed by atoms with Crippen molar-refractivity contribution in [2.24, 2.45) is 5.10 Å². The summed E-state index contributed by atoms with van der Waals surface area (Å²) in [6.07, 6.45) is 5.43. The number of hydrogen-bond acceptors (Lipinski definition) is 4. The molecule has 120 valence electrons. The third kappa shape index (κ3) is 3.49. The highest BCUT2D eigenvalue weighted by molar-refractivity contribution is 7.71. The van der Waals surface area contributed by atoms with Gasteiger partial charge in [-0.1, -0.05) is 48.5 Å². The molecule has 0 bridgehead atoms. The number of rotatable bonds is 5. The summed E-state index contributed by atoms with van der Waals surface area (Å²) in [7, 11) is 1.65. The number of methoxy groups -OCH3 is 1. The normalized spacial score (nSPS) is 11.4. The monoisotopic (exact) mass is 336 g/mol. The average molecular weight is 336 g/mol. The van der Waals surface area contributed by atoms with Crippen molar-refractivity contribution in [1.82, 2.24) is 14.9 Å². The number of nitrogens with zero attached hydrogens (tertiary/aromatic N) is 3. The summed E-state index contributed by atoms with van der Waals surface area (Å²) in [5.74, 6) is 1.48. The lowest BCUT2D eigenvalue weighted by Gasteiger charge is -2.02. The Labute approximate surface area is 144 Å². The lowest BCUT2D eigenvalue weighted by molar-refractivity contribution is 0.414. The smallest absolute Gasteiger partial charge is 0.216 e. The average Bonchev–Trinajstić information content (AvgIpc) is 3.00. The van der Waals surface area contributed by atoms with Crippen molar-refractivity contribution < 1.29 is 4.74 Å². The number of benzene rings is 2. The predicted molar refractivity (Wildman–Crippen MR) is 98.8 cm³/mol. The molecule has 24 heavy (non-hydrogen) atoms. The van der Waals surface area contributed by atoms with E-state index in [9.17, 15) is 0 Å². The third-order valence-corrected chi connectivity index (χ3v) is 3.63. The highest BCUT2D eigenvalue weighted by atomic mass is 32.1. The van der Waals surface area contributed by atoms with Gasteiger partial charge in [-0.3, -0.25) is 0 Å². The maximum Gasteiger partial charge on any atom is 0.216 e. The fourth-order valence-corrected chi connectivity index (χ4v) is 2.41. The summed E-state index contributed by atoms with van der Waals surface area (Å²) in [5.41, 5.74) is 1.92. The lowest BCUT2D eigenvalue weighted by atomic mass is 10.2. The van der Waals surface area contributed by atoms with Crippen molar-refractivity contribution in [3.05, 3.63) is 71.0 Å². The summed E-state index contributed by atoms with van der Waals surface area (Å²) < 4.78 is 7.35. The molecule has 1 aromatic heterocycles. The Balaban J connectivity index is 1.84. The van der Waals surface area contributed by atoms with Crippen LogP contribution in [0.25, 0.3) is 17.5 Å². The van der Waals surface area contributed by atoms with E-state index >= 15 is 0 Å². The van der Waals surface area contributed by atoms with Crippen molar-refractivity contribution in [3.8, 4) is 17.1 Å². The fraction of sp³-hybridized carbons (Fsp3) is 0.0556. The molecule has 6 heteroatoms. The molecule has 1 N–H and O–H groups in total. The van der Waals surface area contributed by atoms with Gasteiger partial charge < -0.3 is 4.74 Å². The molecule has 3 rings (SSSR count). The molecule has 0 radical (unpaired) electrons. The highest BCUT2D eigenvalue weighted by Gasteiger charge is 2.06. The maximum atomic E-state index is 5.31. The zero-order valence-electron chi connectivity index (χ0n) is 13.1. The molecule has 0 aliphatic rings. The van der Waals surface area contributed by atoms with Gasteiger partial charge >= 0.3 is 0 Å². The third-order valence-electron chi connectivity index (χ3n) is 3.37. The molecule has 1 heterocycles. The van der Waals surface area contributed by atoms with Gasteiger partial charge in [0.25, 0.3) is 0 Å². The Hall–Kier alpha value is -2.99. The van der Waals surface area contributed by atoms with Gasteiger partial charge in [-0.25, -0.2) is 5.10 Å². The van der Waals surface area contributed by atoms with Crippen LogP contribution in [0.3, 0.4) is 0 Å². The molecule has 0 atom stereocenters. The molecule has 0 spiro atoms. The minimum absolute atomic E-state index is 0.441. The van der Waals surface area contributed by atoms with E-state index in [4.69, 9.17) is 17.0 Å². The van der Waals surface area contributed by atoms with Gasteiger partial charge in [-0.2, -0.15) is 14.9 Å². The van der Waals surface area contributed by atoms with Crippen LogP contribution in [0.2, 0.25) is 0 Å². The lowest BCUT2D eigenvalue weighted by Crippen LogP contribution is -1.93. The Morgan fingerprint density at radius 2 is 1.88 bits per heavy atom. The Bertz CT molecular complexity index is 925. The van der Waals surface area contributed by atoms with Gasteiger partial charge in [0.1, 0.15) is 5.75 Å². The van der Waals surface area contributed by atoms with Crippen molar-refractivity contribution in [1.29, 1.82) is 0 Å². The number of aromatic amines is 1. The van der Waals surface area contributed by atoms with E-state index in [1.807, 2.05) is 66.7 Å². The topological polar surface area (TPSA) is 55.2 Å². The first-order chi connectivity index (χ1) is 11.8. The van der Waals surface area contributed by atoms with Crippen LogP contribution in [-0.2, 0) is 0 Å². The predicted octanol–water partition coefficient (Wildman–Crippen LogP) is 4.16. The summed E-state index contributed by atoms with van der Waals surface area (Å²) in [6.45, 7) is 0. The zero-order valence-corrected chi connectivity index (χ0v) is 13.9. The molecule has 3 aromatic rings. The van der Waals surface area contributed by atoms with Crippen molar-refractivity contribution in [3.63, 3.8) is 0 Å². The van der Waals surface area contributed by atoms with Crippen LogP contribution in [0, 0.1) is 4.77 Å². The first-order valence-electron chi connectivity index (χ1n) is 7.36. The highest BCUT2D eigenvalue weighted by Crippen LogP contribution is 2.18. The summed E-state index contributed by atoms with van der Waals surface area (Å²) in [6, 6.07) is 17.5. The molecular weight excluding hydrogens is 320 g/mol. The molecule has 0 aliphatic carbocycles. The summed E-state index contributed by atoms with van der Waals surface area (Å²) in [4.78, 5) is 0. The van der Waals surface area contributed by atoms with Crippen molar-refractivity contribution >= 4 is 24.5 Å². The number of para-hydroxylation sites is 1. The molecule has 0 saturated carbocycles. The van der Waals surface area contributed by atoms with Gasteiger partial charge in [0.2, 0.25) is 4.77 Å². The molecule has 5 nitrogen and oxygen atoms in total. The van der Waals surface area contributed by atoms with Crippen LogP contribution in [0.5, 0.6) is 5.75 Å². The van der Waals surface area contributed by atoms with Crippen LogP contribution in [0.15, 0.2) is 65.8 Å². The quantitative estimate of drug-likeness (QED) is 0.562. The Morgan fingerprint density at radius 3 is 2.67 bits per heavy atom. The number of H-pyrrole nitrogens is 1. The molecule has 0 aliphatic heterocycles. The standard InChI is InChI=1S/C18H16N4OS/c1-23-16-12-6-5-8-14(16)11-7-13-19-22-17(20-21-18(22)24)15-9-3-2-4-10-15/h2-13H,1H3,(H,21,24)/b11-7-,19-13?. The van der Waals surface area contributed by atoms with Crippen molar-refractivity contribution in [2.75, 3.05) is 7.11 Å². The molecule has 0 unspecified atom stereocenters. The number of hydrogen-bond donors (Lipinski definition) is 1. The number of nitrogens with one attached hydrogen (secondary N) is 1. The van der Waals surface area contributed by atoms with Gasteiger partial charge in [-0.05, 0) is 30.4 Å². The maximum absolute atomic E-state index is 5.31. The number of aromatic nitrogens is 3. The minimum Gasteiger partial charge on any atom is -0.496 e.